The van der Waals surface area contributed by atoms with Crippen LogP contribution in [0.15, 0.2) is 52.4 Å². The number of amides is 1. The van der Waals surface area contributed by atoms with Gasteiger partial charge in [0, 0.05) is 31.9 Å². The zero-order valence-corrected chi connectivity index (χ0v) is 18.6. The Bertz CT molecular complexity index is 990. The summed E-state index contributed by atoms with van der Waals surface area (Å²) in [6, 6.07) is 14.0. The SMILES string of the molecule is COc1cc(C=C2SC(N3CCN(c4ccccc4)CC3)=NC2=O)cc(OC)c1OC. The van der Waals surface area contributed by atoms with E-state index in [9.17, 15) is 4.79 Å². The number of hydrogen-bond donors (Lipinski definition) is 0. The number of hydrogen-bond acceptors (Lipinski definition) is 7. The van der Waals surface area contributed by atoms with Crippen molar-refractivity contribution in [1.82, 2.24) is 4.90 Å². The van der Waals surface area contributed by atoms with Crippen LogP contribution >= 0.6 is 11.8 Å². The van der Waals surface area contributed by atoms with Gasteiger partial charge in [0.15, 0.2) is 16.7 Å². The number of carbonyl (C=O) groups is 1. The number of nitrogens with zero attached hydrogens (tertiary/aromatic N) is 3. The number of piperazine rings is 1. The van der Waals surface area contributed by atoms with Crippen LogP contribution in [-0.2, 0) is 4.79 Å². The quantitative estimate of drug-likeness (QED) is 0.661. The van der Waals surface area contributed by atoms with Gasteiger partial charge in [-0.05, 0) is 47.7 Å². The van der Waals surface area contributed by atoms with Crippen LogP contribution in [0.1, 0.15) is 5.56 Å². The minimum Gasteiger partial charge on any atom is -0.493 e. The normalized spacial score (nSPS) is 17.7. The van der Waals surface area contributed by atoms with Gasteiger partial charge < -0.3 is 24.0 Å². The summed E-state index contributed by atoms with van der Waals surface area (Å²) in [5.41, 5.74) is 2.01. The highest BCUT2D eigenvalue weighted by Gasteiger charge is 2.28. The molecule has 1 fully saturated rings. The van der Waals surface area contributed by atoms with E-state index in [1.807, 2.05) is 24.3 Å². The largest absolute Gasteiger partial charge is 0.493 e. The molecule has 162 valence electrons. The highest BCUT2D eigenvalue weighted by molar-refractivity contribution is 8.18. The third-order valence-electron chi connectivity index (χ3n) is 5.27. The van der Waals surface area contributed by atoms with Crippen molar-refractivity contribution in [3.05, 3.63) is 52.9 Å². The molecule has 0 radical (unpaired) electrons. The van der Waals surface area contributed by atoms with E-state index in [0.29, 0.717) is 22.2 Å². The van der Waals surface area contributed by atoms with Crippen LogP contribution < -0.4 is 19.1 Å². The molecular weight excluding hydrogens is 414 g/mol. The molecule has 2 aromatic carbocycles. The number of para-hydroxylation sites is 1. The van der Waals surface area contributed by atoms with Gasteiger partial charge >= 0.3 is 0 Å². The van der Waals surface area contributed by atoms with Gasteiger partial charge in [0.05, 0.1) is 26.2 Å². The number of carbonyl (C=O) groups excluding carboxylic acids is 1. The molecule has 2 heterocycles. The van der Waals surface area contributed by atoms with Gasteiger partial charge in [-0.1, -0.05) is 18.2 Å². The lowest BCUT2D eigenvalue weighted by Gasteiger charge is -2.36. The Hall–Kier alpha value is -3.13. The third-order valence-corrected chi connectivity index (χ3v) is 6.31. The monoisotopic (exact) mass is 439 g/mol. The lowest BCUT2D eigenvalue weighted by molar-refractivity contribution is -0.113. The van der Waals surface area contributed by atoms with Crippen molar-refractivity contribution in [2.75, 3.05) is 52.4 Å². The molecule has 2 aromatic rings. The maximum Gasteiger partial charge on any atom is 0.286 e. The van der Waals surface area contributed by atoms with Gasteiger partial charge in [0.2, 0.25) is 5.75 Å². The molecule has 7 nitrogen and oxygen atoms in total. The first-order valence-electron chi connectivity index (χ1n) is 10.0. The summed E-state index contributed by atoms with van der Waals surface area (Å²) < 4.78 is 16.2. The van der Waals surface area contributed by atoms with Crippen LogP contribution in [-0.4, -0.2) is 63.5 Å². The minimum absolute atomic E-state index is 0.223. The van der Waals surface area contributed by atoms with Crippen molar-refractivity contribution in [2.45, 2.75) is 0 Å². The molecule has 0 spiro atoms. The number of amidine groups is 1. The lowest BCUT2D eigenvalue weighted by atomic mass is 10.1. The Morgan fingerprint density at radius 2 is 1.52 bits per heavy atom. The first-order valence-corrected chi connectivity index (χ1v) is 10.8. The highest BCUT2D eigenvalue weighted by Crippen LogP contribution is 2.40. The summed E-state index contributed by atoms with van der Waals surface area (Å²) in [4.78, 5) is 22.0. The topological polar surface area (TPSA) is 63.6 Å². The van der Waals surface area contributed by atoms with E-state index in [-0.39, 0.29) is 5.91 Å². The summed E-state index contributed by atoms with van der Waals surface area (Å²) in [7, 11) is 4.70. The van der Waals surface area contributed by atoms with Gasteiger partial charge in [0.1, 0.15) is 0 Å². The van der Waals surface area contributed by atoms with E-state index in [4.69, 9.17) is 14.2 Å². The van der Waals surface area contributed by atoms with Crippen LogP contribution in [0.3, 0.4) is 0 Å². The summed E-state index contributed by atoms with van der Waals surface area (Å²) in [6.45, 7) is 3.43. The summed E-state index contributed by atoms with van der Waals surface area (Å²) in [5, 5.41) is 0.761. The van der Waals surface area contributed by atoms with Gasteiger partial charge in [-0.2, -0.15) is 4.99 Å². The van der Waals surface area contributed by atoms with Crippen molar-refractivity contribution < 1.29 is 19.0 Å². The molecule has 0 atom stereocenters. The average Bonchev–Trinajstić information content (AvgIpc) is 3.19. The Kier molecular flexibility index (Phi) is 6.36. The second-order valence-corrected chi connectivity index (χ2v) is 8.09. The molecule has 2 aliphatic rings. The lowest BCUT2D eigenvalue weighted by Crippen LogP contribution is -2.47. The predicted molar refractivity (Wildman–Crippen MR) is 124 cm³/mol. The fourth-order valence-electron chi connectivity index (χ4n) is 3.66. The smallest absolute Gasteiger partial charge is 0.286 e. The Morgan fingerprint density at radius 1 is 0.903 bits per heavy atom. The summed E-state index contributed by atoms with van der Waals surface area (Å²) in [5.74, 6) is 1.38. The van der Waals surface area contributed by atoms with Gasteiger partial charge in [-0.15, -0.1) is 0 Å². The van der Waals surface area contributed by atoms with Crippen LogP contribution in [0.5, 0.6) is 17.2 Å². The van der Waals surface area contributed by atoms with E-state index < -0.39 is 0 Å². The molecule has 4 rings (SSSR count). The van der Waals surface area contributed by atoms with Crippen molar-refractivity contribution in [3.63, 3.8) is 0 Å². The third kappa shape index (κ3) is 4.49. The molecule has 31 heavy (non-hydrogen) atoms. The zero-order valence-electron chi connectivity index (χ0n) is 17.8. The molecule has 0 N–H and O–H groups in total. The molecule has 1 saturated heterocycles. The van der Waals surface area contributed by atoms with E-state index in [1.165, 1.54) is 17.4 Å². The summed E-state index contributed by atoms with van der Waals surface area (Å²) >= 11 is 1.41. The summed E-state index contributed by atoms with van der Waals surface area (Å²) in [6.07, 6.45) is 1.81. The maximum atomic E-state index is 12.5. The second-order valence-electron chi connectivity index (χ2n) is 7.08. The molecule has 1 amide bonds. The van der Waals surface area contributed by atoms with Crippen molar-refractivity contribution in [2.24, 2.45) is 4.99 Å². The molecule has 0 saturated carbocycles. The van der Waals surface area contributed by atoms with Gasteiger partial charge in [-0.3, -0.25) is 4.79 Å². The standard InChI is InChI=1S/C23H25N3O4S/c1-28-18-13-16(14-19(29-2)21(18)30-3)15-20-22(27)24-23(31-20)26-11-9-25(10-12-26)17-7-5-4-6-8-17/h4-8,13-15H,9-12H2,1-3H3. The van der Waals surface area contributed by atoms with Gasteiger partial charge in [-0.25, -0.2) is 0 Å². The number of methoxy groups -OCH3 is 3. The Morgan fingerprint density at radius 3 is 2.10 bits per heavy atom. The van der Waals surface area contributed by atoms with Crippen LogP contribution in [0.4, 0.5) is 5.69 Å². The molecular formula is C23H25N3O4S. The number of aliphatic imine (C=N–C) groups is 1. The fourth-order valence-corrected chi connectivity index (χ4v) is 4.63. The van der Waals surface area contributed by atoms with Crippen molar-refractivity contribution in [3.8, 4) is 17.2 Å². The van der Waals surface area contributed by atoms with E-state index in [0.717, 1.165) is 36.9 Å². The number of benzene rings is 2. The Balaban J connectivity index is 1.46. The van der Waals surface area contributed by atoms with Gasteiger partial charge in [0.25, 0.3) is 5.91 Å². The highest BCUT2D eigenvalue weighted by atomic mass is 32.2. The van der Waals surface area contributed by atoms with E-state index in [1.54, 1.807) is 21.3 Å². The van der Waals surface area contributed by atoms with Crippen molar-refractivity contribution >= 4 is 34.6 Å². The number of rotatable bonds is 5. The van der Waals surface area contributed by atoms with Crippen molar-refractivity contribution in [1.29, 1.82) is 0 Å². The van der Waals surface area contributed by atoms with Crippen LogP contribution in [0, 0.1) is 0 Å². The first-order chi connectivity index (χ1) is 15.1. The zero-order chi connectivity index (χ0) is 21.8. The van der Waals surface area contributed by atoms with Crippen LogP contribution in [0.25, 0.3) is 6.08 Å². The average molecular weight is 440 g/mol. The number of thioether (sulfide) groups is 1. The molecule has 0 aromatic heterocycles. The molecule has 0 bridgehead atoms. The van der Waals surface area contributed by atoms with Crippen LogP contribution in [0.2, 0.25) is 0 Å². The van der Waals surface area contributed by atoms with E-state index >= 15 is 0 Å². The van der Waals surface area contributed by atoms with E-state index in [2.05, 4.69) is 39.1 Å². The minimum atomic E-state index is -0.223. The number of ether oxygens (including phenoxy) is 3. The molecule has 8 heteroatoms. The Labute approximate surface area is 186 Å². The molecule has 0 unspecified atom stereocenters. The molecule has 0 aliphatic carbocycles. The maximum absolute atomic E-state index is 12.5. The predicted octanol–water partition coefficient (Wildman–Crippen LogP) is 3.50. The number of anilines is 1. The second kappa shape index (κ2) is 9.34. The first kappa shape index (κ1) is 21.1. The molecule has 2 aliphatic heterocycles. The fraction of sp³-hybridized carbons (Fsp3) is 0.304.